The van der Waals surface area contributed by atoms with Gasteiger partial charge in [-0.15, -0.1) is 0 Å². The first-order valence-electron chi connectivity index (χ1n) is 7.41. The molecule has 0 amide bonds. The minimum atomic E-state index is -0.978. The van der Waals surface area contributed by atoms with Gasteiger partial charge in [0.15, 0.2) is 11.6 Å². The smallest absolute Gasteiger partial charge is 0.201 e. The molecule has 0 bridgehead atoms. The summed E-state index contributed by atoms with van der Waals surface area (Å²) in [4.78, 5) is 0. The van der Waals surface area contributed by atoms with Gasteiger partial charge in [0.05, 0.1) is 14.2 Å². The summed E-state index contributed by atoms with van der Waals surface area (Å²) in [6.07, 6.45) is 0. The van der Waals surface area contributed by atoms with Gasteiger partial charge in [0.2, 0.25) is 5.82 Å². The number of halogens is 2. The van der Waals surface area contributed by atoms with Gasteiger partial charge in [0.1, 0.15) is 5.75 Å². The molecular weight excluding hydrogens is 310 g/mol. The lowest BCUT2D eigenvalue weighted by atomic mass is 9.99. The van der Waals surface area contributed by atoms with Gasteiger partial charge in [-0.1, -0.05) is 36.4 Å². The fourth-order valence-electron chi connectivity index (χ4n) is 2.54. The Labute approximate surface area is 139 Å². The van der Waals surface area contributed by atoms with E-state index in [4.69, 9.17) is 9.47 Å². The molecule has 0 aliphatic heterocycles. The SMILES string of the molecule is COc1ccc(-c2ccc(-c3ccc(OC)c(F)c3F)cc2)cc1. The first kappa shape index (κ1) is 16.0. The summed E-state index contributed by atoms with van der Waals surface area (Å²) in [5, 5.41) is 0. The maximum absolute atomic E-state index is 14.2. The van der Waals surface area contributed by atoms with E-state index >= 15 is 0 Å². The van der Waals surface area contributed by atoms with E-state index in [2.05, 4.69) is 0 Å². The van der Waals surface area contributed by atoms with Gasteiger partial charge in [-0.25, -0.2) is 4.39 Å². The molecule has 0 spiro atoms. The Bertz CT molecular complexity index is 841. The zero-order chi connectivity index (χ0) is 17.1. The predicted molar refractivity (Wildman–Crippen MR) is 90.3 cm³/mol. The molecule has 0 aromatic heterocycles. The highest BCUT2D eigenvalue weighted by molar-refractivity contribution is 5.71. The molecular formula is C20H16F2O2. The van der Waals surface area contributed by atoms with Crippen LogP contribution < -0.4 is 9.47 Å². The van der Waals surface area contributed by atoms with Crippen molar-refractivity contribution >= 4 is 0 Å². The molecule has 4 heteroatoms. The van der Waals surface area contributed by atoms with Gasteiger partial charge in [-0.05, 0) is 41.0 Å². The molecule has 122 valence electrons. The molecule has 0 aliphatic rings. The minimum absolute atomic E-state index is 0.105. The van der Waals surface area contributed by atoms with Crippen molar-refractivity contribution in [3.05, 3.63) is 72.3 Å². The highest BCUT2D eigenvalue weighted by Gasteiger charge is 2.15. The monoisotopic (exact) mass is 326 g/mol. The maximum atomic E-state index is 14.2. The molecule has 0 N–H and O–H groups in total. The Morgan fingerprint density at radius 1 is 0.583 bits per heavy atom. The second-order valence-electron chi connectivity index (χ2n) is 5.25. The summed E-state index contributed by atoms with van der Waals surface area (Å²) >= 11 is 0. The van der Waals surface area contributed by atoms with E-state index in [0.717, 1.165) is 16.9 Å². The summed E-state index contributed by atoms with van der Waals surface area (Å²) in [5.41, 5.74) is 2.81. The van der Waals surface area contributed by atoms with Crippen LogP contribution in [0.2, 0.25) is 0 Å². The average Bonchev–Trinajstić information content (AvgIpc) is 2.64. The van der Waals surface area contributed by atoms with E-state index in [1.807, 2.05) is 36.4 Å². The third-order valence-electron chi connectivity index (χ3n) is 3.89. The van der Waals surface area contributed by atoms with Crippen molar-refractivity contribution in [2.24, 2.45) is 0 Å². The van der Waals surface area contributed by atoms with E-state index in [-0.39, 0.29) is 11.3 Å². The number of hydrogen-bond acceptors (Lipinski definition) is 2. The van der Waals surface area contributed by atoms with E-state index in [1.165, 1.54) is 19.2 Å². The van der Waals surface area contributed by atoms with Crippen LogP contribution in [0.5, 0.6) is 11.5 Å². The van der Waals surface area contributed by atoms with Gasteiger partial charge < -0.3 is 9.47 Å². The lowest BCUT2D eigenvalue weighted by molar-refractivity contribution is 0.372. The zero-order valence-corrected chi connectivity index (χ0v) is 13.3. The Kier molecular flexibility index (Phi) is 4.47. The van der Waals surface area contributed by atoms with Crippen LogP contribution in [0.25, 0.3) is 22.3 Å². The minimum Gasteiger partial charge on any atom is -0.497 e. The van der Waals surface area contributed by atoms with E-state index in [0.29, 0.717) is 5.56 Å². The van der Waals surface area contributed by atoms with E-state index < -0.39 is 11.6 Å². The van der Waals surface area contributed by atoms with Crippen molar-refractivity contribution in [2.45, 2.75) is 0 Å². The average molecular weight is 326 g/mol. The van der Waals surface area contributed by atoms with Crippen LogP contribution >= 0.6 is 0 Å². The van der Waals surface area contributed by atoms with Crippen molar-refractivity contribution in [3.8, 4) is 33.8 Å². The third-order valence-corrected chi connectivity index (χ3v) is 3.89. The molecule has 3 aromatic rings. The first-order chi connectivity index (χ1) is 11.6. The van der Waals surface area contributed by atoms with E-state index in [1.54, 1.807) is 19.2 Å². The number of hydrogen-bond donors (Lipinski definition) is 0. The first-order valence-corrected chi connectivity index (χ1v) is 7.41. The van der Waals surface area contributed by atoms with Crippen LogP contribution in [0.1, 0.15) is 0 Å². The molecule has 0 unspecified atom stereocenters. The molecule has 0 radical (unpaired) electrons. The fraction of sp³-hybridized carbons (Fsp3) is 0.100. The largest absolute Gasteiger partial charge is 0.497 e. The summed E-state index contributed by atoms with van der Waals surface area (Å²) < 4.78 is 37.9. The number of methoxy groups -OCH3 is 2. The molecule has 0 saturated heterocycles. The quantitative estimate of drug-likeness (QED) is 0.646. The highest BCUT2D eigenvalue weighted by Crippen LogP contribution is 2.31. The van der Waals surface area contributed by atoms with Gasteiger partial charge in [-0.2, -0.15) is 4.39 Å². The molecule has 0 saturated carbocycles. The number of rotatable bonds is 4. The van der Waals surface area contributed by atoms with Crippen LogP contribution in [0, 0.1) is 11.6 Å². The fourth-order valence-corrected chi connectivity index (χ4v) is 2.54. The van der Waals surface area contributed by atoms with Crippen molar-refractivity contribution in [3.63, 3.8) is 0 Å². The highest BCUT2D eigenvalue weighted by atomic mass is 19.2. The molecule has 2 nitrogen and oxygen atoms in total. The van der Waals surface area contributed by atoms with Crippen LogP contribution in [0.3, 0.4) is 0 Å². The third kappa shape index (κ3) is 2.95. The molecule has 3 rings (SSSR count). The van der Waals surface area contributed by atoms with Crippen LogP contribution in [-0.2, 0) is 0 Å². The lowest BCUT2D eigenvalue weighted by Gasteiger charge is -2.09. The van der Waals surface area contributed by atoms with Crippen LogP contribution in [0.4, 0.5) is 8.78 Å². The number of benzene rings is 3. The predicted octanol–water partition coefficient (Wildman–Crippen LogP) is 5.32. The van der Waals surface area contributed by atoms with Gasteiger partial charge in [-0.3, -0.25) is 0 Å². The van der Waals surface area contributed by atoms with Gasteiger partial charge in [0, 0.05) is 5.56 Å². The normalized spacial score (nSPS) is 10.5. The van der Waals surface area contributed by atoms with Crippen molar-refractivity contribution in [1.82, 2.24) is 0 Å². The molecule has 0 fully saturated rings. The molecule has 0 heterocycles. The van der Waals surface area contributed by atoms with Crippen molar-refractivity contribution in [2.75, 3.05) is 14.2 Å². The second-order valence-corrected chi connectivity index (χ2v) is 5.25. The van der Waals surface area contributed by atoms with Crippen LogP contribution in [0.15, 0.2) is 60.7 Å². The van der Waals surface area contributed by atoms with Gasteiger partial charge >= 0.3 is 0 Å². The van der Waals surface area contributed by atoms with Crippen molar-refractivity contribution < 1.29 is 18.3 Å². The molecule has 0 atom stereocenters. The summed E-state index contributed by atoms with van der Waals surface area (Å²) in [6.45, 7) is 0. The standard InChI is InChI=1S/C20H16F2O2/c1-23-16-9-7-14(8-10-16)13-3-5-15(6-4-13)17-11-12-18(24-2)20(22)19(17)21/h3-12H,1-2H3. The molecule has 0 aliphatic carbocycles. The van der Waals surface area contributed by atoms with Gasteiger partial charge in [0.25, 0.3) is 0 Å². The Morgan fingerprint density at radius 3 is 1.67 bits per heavy atom. The lowest BCUT2D eigenvalue weighted by Crippen LogP contribution is -1.94. The summed E-state index contributed by atoms with van der Waals surface area (Å²) in [5.74, 6) is -1.21. The number of ether oxygens (including phenoxy) is 2. The second kappa shape index (κ2) is 6.71. The Morgan fingerprint density at radius 2 is 1.12 bits per heavy atom. The molecule has 24 heavy (non-hydrogen) atoms. The summed E-state index contributed by atoms with van der Waals surface area (Å²) in [6, 6.07) is 17.9. The van der Waals surface area contributed by atoms with E-state index in [9.17, 15) is 8.78 Å². The van der Waals surface area contributed by atoms with Crippen molar-refractivity contribution in [1.29, 1.82) is 0 Å². The zero-order valence-electron chi connectivity index (χ0n) is 13.3. The topological polar surface area (TPSA) is 18.5 Å². The Hall–Kier alpha value is -2.88. The van der Waals surface area contributed by atoms with Crippen LogP contribution in [-0.4, -0.2) is 14.2 Å². The summed E-state index contributed by atoms with van der Waals surface area (Å²) in [7, 11) is 2.92. The Balaban J connectivity index is 1.93. The molecule has 3 aromatic carbocycles. The maximum Gasteiger partial charge on any atom is 0.201 e.